The van der Waals surface area contributed by atoms with Gasteiger partial charge in [0.1, 0.15) is 11.4 Å². The summed E-state index contributed by atoms with van der Waals surface area (Å²) < 4.78 is 5.83. The molecule has 0 fully saturated rings. The topological polar surface area (TPSA) is 76.1 Å². The third-order valence-electron chi connectivity index (χ3n) is 4.35. The number of rotatable bonds is 6. The van der Waals surface area contributed by atoms with E-state index in [9.17, 15) is 4.79 Å². The van der Waals surface area contributed by atoms with Crippen LogP contribution in [0.5, 0.6) is 5.75 Å². The Hall–Kier alpha value is -3.41. The molecule has 2 aromatic carbocycles. The summed E-state index contributed by atoms with van der Waals surface area (Å²) in [7, 11) is 0. The van der Waals surface area contributed by atoms with E-state index in [0.29, 0.717) is 23.1 Å². The molecule has 1 amide bonds. The van der Waals surface area contributed by atoms with E-state index < -0.39 is 0 Å². The number of hydrogen-bond donors (Lipinski definition) is 2. The Morgan fingerprint density at radius 3 is 2.45 bits per heavy atom. The van der Waals surface area contributed by atoms with Crippen molar-refractivity contribution in [2.24, 2.45) is 0 Å². The lowest BCUT2D eigenvalue weighted by atomic mass is 10.1. The molecule has 0 radical (unpaired) electrons. The first-order chi connectivity index (χ1) is 13.8. The molecule has 6 heteroatoms. The fourth-order valence-corrected chi connectivity index (χ4v) is 2.80. The highest BCUT2D eigenvalue weighted by Crippen LogP contribution is 2.27. The minimum atomic E-state index is -0.284. The lowest BCUT2D eigenvalue weighted by Gasteiger charge is -2.15. The van der Waals surface area contributed by atoms with E-state index in [0.717, 1.165) is 16.9 Å². The van der Waals surface area contributed by atoms with Crippen molar-refractivity contribution in [1.82, 2.24) is 9.97 Å². The van der Waals surface area contributed by atoms with Gasteiger partial charge in [-0.2, -0.15) is 0 Å². The molecule has 1 heterocycles. The van der Waals surface area contributed by atoms with Gasteiger partial charge in [-0.05, 0) is 76.1 Å². The second-order valence-corrected chi connectivity index (χ2v) is 7.26. The molecule has 3 aromatic rings. The van der Waals surface area contributed by atoms with Crippen LogP contribution < -0.4 is 15.4 Å². The summed E-state index contributed by atoms with van der Waals surface area (Å²) in [6, 6.07) is 15.0. The van der Waals surface area contributed by atoms with Gasteiger partial charge in [0.15, 0.2) is 0 Å². The van der Waals surface area contributed by atoms with Crippen molar-refractivity contribution in [2.45, 2.75) is 40.7 Å². The number of amides is 1. The van der Waals surface area contributed by atoms with Crippen LogP contribution in [-0.4, -0.2) is 22.0 Å². The fourth-order valence-electron chi connectivity index (χ4n) is 2.80. The lowest BCUT2D eigenvalue weighted by molar-refractivity contribution is 0.102. The SMILES string of the molecule is Cc1cc(C(=O)Nc2ccc(C)c(C)c2)nc(Nc2ccccc2OC(C)C)n1. The summed E-state index contributed by atoms with van der Waals surface area (Å²) in [6.07, 6.45) is 0.0377. The maximum Gasteiger partial charge on any atom is 0.274 e. The van der Waals surface area contributed by atoms with Gasteiger partial charge in [-0.25, -0.2) is 9.97 Å². The Morgan fingerprint density at radius 1 is 0.966 bits per heavy atom. The van der Waals surface area contributed by atoms with E-state index in [4.69, 9.17) is 4.74 Å². The van der Waals surface area contributed by atoms with E-state index in [1.807, 2.05) is 77.1 Å². The molecule has 0 aliphatic heterocycles. The fraction of sp³-hybridized carbons (Fsp3) is 0.261. The number of aryl methyl sites for hydroxylation is 3. The minimum Gasteiger partial charge on any atom is -0.489 e. The monoisotopic (exact) mass is 390 g/mol. The summed E-state index contributed by atoms with van der Waals surface area (Å²) in [6.45, 7) is 9.81. The van der Waals surface area contributed by atoms with Gasteiger partial charge in [0.05, 0.1) is 11.8 Å². The molecule has 3 rings (SSSR count). The maximum atomic E-state index is 12.7. The molecular formula is C23H26N4O2. The van der Waals surface area contributed by atoms with Crippen LogP contribution in [0, 0.1) is 20.8 Å². The highest BCUT2D eigenvalue weighted by Gasteiger charge is 2.13. The molecule has 1 aromatic heterocycles. The normalized spacial score (nSPS) is 10.7. The molecule has 0 unspecified atom stereocenters. The van der Waals surface area contributed by atoms with Crippen molar-refractivity contribution >= 4 is 23.2 Å². The van der Waals surface area contributed by atoms with Crippen LogP contribution in [0.1, 0.15) is 41.2 Å². The Kier molecular flexibility index (Phi) is 6.12. The number of anilines is 3. The van der Waals surface area contributed by atoms with Crippen molar-refractivity contribution in [1.29, 1.82) is 0 Å². The number of para-hydroxylation sites is 2. The zero-order valence-corrected chi connectivity index (χ0v) is 17.4. The molecule has 0 saturated heterocycles. The molecule has 0 aliphatic rings. The van der Waals surface area contributed by atoms with E-state index in [2.05, 4.69) is 20.6 Å². The maximum absolute atomic E-state index is 12.7. The third-order valence-corrected chi connectivity index (χ3v) is 4.35. The number of hydrogen-bond acceptors (Lipinski definition) is 5. The number of aromatic nitrogens is 2. The van der Waals surface area contributed by atoms with Crippen LogP contribution in [0.15, 0.2) is 48.5 Å². The molecule has 0 spiro atoms. The first-order valence-corrected chi connectivity index (χ1v) is 9.59. The second-order valence-electron chi connectivity index (χ2n) is 7.26. The number of benzene rings is 2. The Labute approximate surface area is 171 Å². The summed E-state index contributed by atoms with van der Waals surface area (Å²) in [5.74, 6) is 0.761. The number of nitrogens with one attached hydrogen (secondary N) is 2. The van der Waals surface area contributed by atoms with Crippen LogP contribution in [-0.2, 0) is 0 Å². The largest absolute Gasteiger partial charge is 0.489 e. The highest BCUT2D eigenvalue weighted by atomic mass is 16.5. The first-order valence-electron chi connectivity index (χ1n) is 9.59. The predicted octanol–water partition coefficient (Wildman–Crippen LogP) is 5.18. The van der Waals surface area contributed by atoms with Crippen LogP contribution >= 0.6 is 0 Å². The highest BCUT2D eigenvalue weighted by molar-refractivity contribution is 6.03. The van der Waals surface area contributed by atoms with E-state index >= 15 is 0 Å². The number of nitrogens with zero attached hydrogens (tertiary/aromatic N) is 2. The summed E-state index contributed by atoms with van der Waals surface area (Å²) in [5.41, 5.74) is 4.75. The smallest absolute Gasteiger partial charge is 0.274 e. The standard InChI is InChI=1S/C23H26N4O2/c1-14(2)29-21-9-7-6-8-19(21)26-23-24-17(5)13-20(27-23)22(28)25-18-11-10-15(3)16(4)12-18/h6-14H,1-5H3,(H,25,28)(H,24,26,27). The molecule has 0 bridgehead atoms. The number of carbonyl (C=O) groups is 1. The summed E-state index contributed by atoms with van der Waals surface area (Å²) >= 11 is 0. The van der Waals surface area contributed by atoms with Crippen molar-refractivity contribution in [3.63, 3.8) is 0 Å². The van der Waals surface area contributed by atoms with Gasteiger partial charge >= 0.3 is 0 Å². The van der Waals surface area contributed by atoms with Crippen LogP contribution in [0.4, 0.5) is 17.3 Å². The van der Waals surface area contributed by atoms with Gasteiger partial charge in [-0.15, -0.1) is 0 Å². The van der Waals surface area contributed by atoms with Gasteiger partial charge in [-0.3, -0.25) is 4.79 Å². The average molecular weight is 390 g/mol. The van der Waals surface area contributed by atoms with Gasteiger partial charge < -0.3 is 15.4 Å². The molecular weight excluding hydrogens is 364 g/mol. The average Bonchev–Trinajstić information content (AvgIpc) is 2.65. The van der Waals surface area contributed by atoms with Crippen molar-refractivity contribution < 1.29 is 9.53 Å². The number of carbonyl (C=O) groups excluding carboxylic acids is 1. The zero-order valence-electron chi connectivity index (χ0n) is 17.4. The van der Waals surface area contributed by atoms with E-state index in [1.165, 1.54) is 5.56 Å². The van der Waals surface area contributed by atoms with Crippen molar-refractivity contribution in [3.8, 4) is 5.75 Å². The van der Waals surface area contributed by atoms with Crippen LogP contribution in [0.2, 0.25) is 0 Å². The molecule has 6 nitrogen and oxygen atoms in total. The zero-order chi connectivity index (χ0) is 21.0. The van der Waals surface area contributed by atoms with Crippen molar-refractivity contribution in [2.75, 3.05) is 10.6 Å². The molecule has 0 aliphatic carbocycles. The van der Waals surface area contributed by atoms with Gasteiger partial charge in [0, 0.05) is 11.4 Å². The molecule has 2 N–H and O–H groups in total. The third kappa shape index (κ3) is 5.31. The summed E-state index contributed by atoms with van der Waals surface area (Å²) in [5, 5.41) is 6.07. The van der Waals surface area contributed by atoms with Gasteiger partial charge in [0.2, 0.25) is 5.95 Å². The predicted molar refractivity (Wildman–Crippen MR) is 116 cm³/mol. The molecule has 150 valence electrons. The van der Waals surface area contributed by atoms with Gasteiger partial charge in [-0.1, -0.05) is 18.2 Å². The Morgan fingerprint density at radius 2 is 1.72 bits per heavy atom. The Balaban J connectivity index is 1.83. The molecule has 0 saturated carbocycles. The van der Waals surface area contributed by atoms with Crippen LogP contribution in [0.3, 0.4) is 0 Å². The van der Waals surface area contributed by atoms with E-state index in [1.54, 1.807) is 6.07 Å². The minimum absolute atomic E-state index is 0.0377. The van der Waals surface area contributed by atoms with Crippen molar-refractivity contribution in [3.05, 3.63) is 71.0 Å². The molecule has 29 heavy (non-hydrogen) atoms. The quantitative estimate of drug-likeness (QED) is 0.606. The number of ether oxygens (including phenoxy) is 1. The first kappa shape index (κ1) is 20.3. The van der Waals surface area contributed by atoms with E-state index in [-0.39, 0.29) is 12.0 Å². The van der Waals surface area contributed by atoms with Gasteiger partial charge in [0.25, 0.3) is 5.91 Å². The lowest BCUT2D eigenvalue weighted by Crippen LogP contribution is -2.16. The Bertz CT molecular complexity index is 1030. The second kappa shape index (κ2) is 8.73. The summed E-state index contributed by atoms with van der Waals surface area (Å²) in [4.78, 5) is 21.5. The van der Waals surface area contributed by atoms with Crippen LogP contribution in [0.25, 0.3) is 0 Å². The molecule has 0 atom stereocenters.